The van der Waals surface area contributed by atoms with Crippen LogP contribution in [0.15, 0.2) is 16.7 Å². The van der Waals surface area contributed by atoms with Crippen molar-refractivity contribution < 1.29 is 18.0 Å². The average Bonchev–Trinajstić information content (AvgIpc) is 2.82. The van der Waals surface area contributed by atoms with Crippen LogP contribution in [0.1, 0.15) is 29.8 Å². The highest BCUT2D eigenvalue weighted by molar-refractivity contribution is 9.10. The molecule has 0 unspecified atom stereocenters. The molecule has 1 aliphatic heterocycles. The van der Waals surface area contributed by atoms with Gasteiger partial charge in [-0.2, -0.15) is 4.31 Å². The molecule has 2 N–H and O–H groups in total. The number of hydrazine groups is 1. The van der Waals surface area contributed by atoms with E-state index in [1.165, 1.54) is 4.31 Å². The number of carbonyl (C=O) groups is 2. The Kier molecular flexibility index (Phi) is 5.48. The van der Waals surface area contributed by atoms with Crippen molar-refractivity contribution in [3.05, 3.63) is 22.4 Å². The van der Waals surface area contributed by atoms with E-state index < -0.39 is 27.9 Å². The molecule has 2 heterocycles. The van der Waals surface area contributed by atoms with Crippen molar-refractivity contribution in [1.82, 2.24) is 19.7 Å². The van der Waals surface area contributed by atoms with E-state index in [0.29, 0.717) is 18.7 Å². The van der Waals surface area contributed by atoms with Crippen LogP contribution in [0, 0.1) is 0 Å². The van der Waals surface area contributed by atoms with E-state index in [9.17, 15) is 18.0 Å². The quantitative estimate of drug-likeness (QED) is 0.707. The monoisotopic (exact) mass is 406 g/mol. The molecule has 1 aromatic rings. The number of carbonyl (C=O) groups excluding carboxylic acids is 2. The van der Waals surface area contributed by atoms with E-state index in [0.717, 1.165) is 23.6 Å². The van der Waals surface area contributed by atoms with Crippen molar-refractivity contribution >= 4 is 37.8 Å². The Balaban J connectivity index is 2.01. The fourth-order valence-corrected chi connectivity index (χ4v) is 4.23. The van der Waals surface area contributed by atoms with Gasteiger partial charge in [-0.3, -0.25) is 20.4 Å². The molecular formula is C13H19BrN4O4S. The number of hydrogen-bond donors (Lipinski definition) is 2. The number of piperidine rings is 1. The summed E-state index contributed by atoms with van der Waals surface area (Å²) in [7, 11) is -1.76. The lowest BCUT2D eigenvalue weighted by atomic mass is 10.0. The van der Waals surface area contributed by atoms with Gasteiger partial charge in [-0.15, -0.1) is 0 Å². The number of hydrogen-bond acceptors (Lipinski definition) is 4. The molecule has 8 nitrogen and oxygen atoms in total. The zero-order chi connectivity index (χ0) is 17.2. The highest BCUT2D eigenvalue weighted by atomic mass is 79.9. The fourth-order valence-electron chi connectivity index (χ4n) is 2.58. The predicted molar refractivity (Wildman–Crippen MR) is 87.9 cm³/mol. The first-order valence-electron chi connectivity index (χ1n) is 7.09. The molecule has 0 aliphatic carbocycles. The van der Waals surface area contributed by atoms with E-state index in [2.05, 4.69) is 26.8 Å². The van der Waals surface area contributed by atoms with E-state index in [1.54, 1.807) is 23.9 Å². The van der Waals surface area contributed by atoms with Crippen LogP contribution in [0.5, 0.6) is 0 Å². The number of rotatable bonds is 3. The third-order valence-electron chi connectivity index (χ3n) is 3.69. The van der Waals surface area contributed by atoms with Gasteiger partial charge in [0, 0.05) is 24.3 Å². The first-order valence-corrected chi connectivity index (χ1v) is 9.73. The Morgan fingerprint density at radius 3 is 2.57 bits per heavy atom. The van der Waals surface area contributed by atoms with Crippen LogP contribution in [-0.2, 0) is 21.9 Å². The van der Waals surface area contributed by atoms with Crippen molar-refractivity contribution in [3.8, 4) is 0 Å². The predicted octanol–water partition coefficient (Wildman–Crippen LogP) is 0.363. The van der Waals surface area contributed by atoms with E-state index in [-0.39, 0.29) is 0 Å². The van der Waals surface area contributed by atoms with Crippen LogP contribution >= 0.6 is 15.9 Å². The second kappa shape index (κ2) is 7.02. The lowest BCUT2D eigenvalue weighted by Gasteiger charge is -2.32. The minimum absolute atomic E-state index is 0.315. The van der Waals surface area contributed by atoms with E-state index in [4.69, 9.17) is 0 Å². The van der Waals surface area contributed by atoms with Crippen molar-refractivity contribution in [2.75, 3.05) is 12.8 Å². The summed E-state index contributed by atoms with van der Waals surface area (Å²) in [5.74, 6) is -1.01. The molecule has 0 spiro atoms. The van der Waals surface area contributed by atoms with Gasteiger partial charge in [-0.25, -0.2) is 8.42 Å². The zero-order valence-electron chi connectivity index (χ0n) is 12.9. The smallest absolute Gasteiger partial charge is 0.286 e. The fraction of sp³-hybridized carbons (Fsp3) is 0.538. The number of amides is 2. The normalized spacial score (nSPS) is 19.3. The van der Waals surface area contributed by atoms with Gasteiger partial charge in [0.15, 0.2) is 0 Å². The number of sulfonamides is 1. The van der Waals surface area contributed by atoms with Crippen molar-refractivity contribution in [2.45, 2.75) is 25.3 Å². The van der Waals surface area contributed by atoms with E-state index >= 15 is 0 Å². The van der Waals surface area contributed by atoms with Crippen molar-refractivity contribution in [2.24, 2.45) is 7.05 Å². The lowest BCUT2D eigenvalue weighted by Crippen LogP contribution is -2.55. The topological polar surface area (TPSA) is 101 Å². The molecule has 128 valence electrons. The Labute approximate surface area is 143 Å². The van der Waals surface area contributed by atoms with E-state index in [1.807, 2.05) is 0 Å². The van der Waals surface area contributed by atoms with Gasteiger partial charge in [-0.1, -0.05) is 6.42 Å². The van der Waals surface area contributed by atoms with Crippen molar-refractivity contribution in [1.29, 1.82) is 0 Å². The molecule has 1 saturated heterocycles. The number of nitrogens with one attached hydrogen (secondary N) is 2. The number of aryl methyl sites for hydroxylation is 1. The summed E-state index contributed by atoms with van der Waals surface area (Å²) in [6.45, 7) is 0.315. The van der Waals surface area contributed by atoms with Crippen LogP contribution in [-0.4, -0.2) is 47.9 Å². The van der Waals surface area contributed by atoms with Crippen molar-refractivity contribution in [3.63, 3.8) is 0 Å². The van der Waals surface area contributed by atoms with Crippen LogP contribution in [0.4, 0.5) is 0 Å². The minimum atomic E-state index is -3.46. The molecule has 0 bridgehead atoms. The van der Waals surface area contributed by atoms with Crippen LogP contribution in [0.2, 0.25) is 0 Å². The van der Waals surface area contributed by atoms with Crippen LogP contribution < -0.4 is 10.9 Å². The highest BCUT2D eigenvalue weighted by Gasteiger charge is 2.34. The molecule has 2 rings (SSSR count). The summed E-state index contributed by atoms with van der Waals surface area (Å²) in [6.07, 6.45) is 4.72. The molecule has 2 amide bonds. The molecule has 0 aromatic carbocycles. The third-order valence-corrected chi connectivity index (χ3v) is 5.41. The second-order valence-corrected chi connectivity index (χ2v) is 8.33. The zero-order valence-corrected chi connectivity index (χ0v) is 15.3. The maximum atomic E-state index is 12.2. The highest BCUT2D eigenvalue weighted by Crippen LogP contribution is 2.19. The van der Waals surface area contributed by atoms with Gasteiger partial charge < -0.3 is 4.57 Å². The van der Waals surface area contributed by atoms with Crippen LogP contribution in [0.3, 0.4) is 0 Å². The molecule has 1 fully saturated rings. The Bertz CT molecular complexity index is 716. The van der Waals surface area contributed by atoms with Gasteiger partial charge in [0.1, 0.15) is 11.7 Å². The summed E-state index contributed by atoms with van der Waals surface area (Å²) in [5, 5.41) is 0. The maximum Gasteiger partial charge on any atom is 0.286 e. The van der Waals surface area contributed by atoms with Gasteiger partial charge in [0.2, 0.25) is 10.0 Å². The second-order valence-electron chi connectivity index (χ2n) is 5.48. The largest absolute Gasteiger partial charge is 0.345 e. The lowest BCUT2D eigenvalue weighted by molar-refractivity contribution is -0.126. The standard InChI is InChI=1S/C13H19BrN4O4S/c1-17-8-9(14)7-11(17)13(20)16-15-12(19)10-5-3-4-6-18(10)23(2,21)22/h7-8,10H,3-6H2,1-2H3,(H,15,19)(H,16,20)/t10-/m1/s1. The molecule has 23 heavy (non-hydrogen) atoms. The first kappa shape index (κ1) is 18.0. The SMILES string of the molecule is Cn1cc(Br)cc1C(=O)NNC(=O)[C@H]1CCCCN1S(C)(=O)=O. The van der Waals surface area contributed by atoms with Crippen LogP contribution in [0.25, 0.3) is 0 Å². The summed E-state index contributed by atoms with van der Waals surface area (Å²) >= 11 is 3.26. The molecule has 0 saturated carbocycles. The van der Waals surface area contributed by atoms with Gasteiger partial charge >= 0.3 is 0 Å². The molecule has 0 radical (unpaired) electrons. The summed E-state index contributed by atoms with van der Waals surface area (Å²) in [6, 6.07) is 0.824. The third kappa shape index (κ3) is 4.33. The summed E-state index contributed by atoms with van der Waals surface area (Å²) in [4.78, 5) is 24.3. The summed E-state index contributed by atoms with van der Waals surface area (Å²) in [5.41, 5.74) is 5.00. The maximum absolute atomic E-state index is 12.2. The minimum Gasteiger partial charge on any atom is -0.345 e. The Hall–Kier alpha value is -1.39. The molecule has 10 heteroatoms. The van der Waals surface area contributed by atoms with Gasteiger partial charge in [0.05, 0.1) is 6.26 Å². The molecule has 1 aromatic heterocycles. The Morgan fingerprint density at radius 2 is 2.00 bits per heavy atom. The van der Waals surface area contributed by atoms with Gasteiger partial charge in [-0.05, 0) is 34.8 Å². The molecular weight excluding hydrogens is 388 g/mol. The van der Waals surface area contributed by atoms with Gasteiger partial charge in [0.25, 0.3) is 11.8 Å². The number of halogens is 1. The number of nitrogens with zero attached hydrogens (tertiary/aromatic N) is 2. The first-order chi connectivity index (χ1) is 10.7. The molecule has 1 atom stereocenters. The summed E-state index contributed by atoms with van der Waals surface area (Å²) < 4.78 is 27.0. The number of aromatic nitrogens is 1. The molecule has 1 aliphatic rings. The average molecular weight is 407 g/mol. The Morgan fingerprint density at radius 1 is 1.30 bits per heavy atom.